The van der Waals surface area contributed by atoms with Gasteiger partial charge in [-0.2, -0.15) is 0 Å². The maximum Gasteiger partial charge on any atom is 0.239 e. The molecule has 0 unspecified atom stereocenters. The van der Waals surface area contributed by atoms with Gasteiger partial charge in [-0.15, -0.1) is 0 Å². The fourth-order valence-corrected chi connectivity index (χ4v) is 1.81. The SMILES string of the molecule is CC(C)(C)NC(=O)CNC(=O)CCCOc1ccc(Cl)cc1. The van der Waals surface area contributed by atoms with Crippen molar-refractivity contribution in [2.75, 3.05) is 13.2 Å². The summed E-state index contributed by atoms with van der Waals surface area (Å²) in [6.45, 7) is 6.10. The highest BCUT2D eigenvalue weighted by atomic mass is 35.5. The van der Waals surface area contributed by atoms with E-state index in [0.29, 0.717) is 24.5 Å². The topological polar surface area (TPSA) is 67.4 Å². The van der Waals surface area contributed by atoms with Crippen molar-refractivity contribution in [2.24, 2.45) is 0 Å². The lowest BCUT2D eigenvalue weighted by Crippen LogP contribution is -2.45. The second-order valence-electron chi connectivity index (χ2n) is 5.98. The molecule has 0 spiro atoms. The third kappa shape index (κ3) is 8.52. The molecule has 0 aromatic heterocycles. The smallest absolute Gasteiger partial charge is 0.239 e. The lowest BCUT2D eigenvalue weighted by molar-refractivity contribution is -0.126. The molecule has 0 aliphatic carbocycles. The summed E-state index contributed by atoms with van der Waals surface area (Å²) < 4.78 is 5.48. The molecule has 0 saturated carbocycles. The van der Waals surface area contributed by atoms with Crippen LogP contribution in [-0.4, -0.2) is 30.5 Å². The molecule has 2 N–H and O–H groups in total. The normalized spacial score (nSPS) is 10.9. The van der Waals surface area contributed by atoms with Crippen LogP contribution in [-0.2, 0) is 9.59 Å². The standard InChI is InChI=1S/C16H23ClN2O3/c1-16(2,3)19-15(21)11-18-14(20)5-4-10-22-13-8-6-12(17)7-9-13/h6-9H,4-5,10-11H2,1-3H3,(H,18,20)(H,19,21). The van der Waals surface area contributed by atoms with Gasteiger partial charge in [-0.3, -0.25) is 9.59 Å². The van der Waals surface area contributed by atoms with Gasteiger partial charge < -0.3 is 15.4 Å². The van der Waals surface area contributed by atoms with E-state index in [2.05, 4.69) is 10.6 Å². The van der Waals surface area contributed by atoms with Gasteiger partial charge in [0, 0.05) is 17.0 Å². The van der Waals surface area contributed by atoms with Crippen LogP contribution in [0.2, 0.25) is 5.02 Å². The molecule has 1 aromatic carbocycles. The number of hydrogen-bond acceptors (Lipinski definition) is 3. The number of carbonyl (C=O) groups is 2. The molecule has 0 radical (unpaired) electrons. The van der Waals surface area contributed by atoms with Crippen molar-refractivity contribution in [3.05, 3.63) is 29.3 Å². The molecule has 6 heteroatoms. The summed E-state index contributed by atoms with van der Waals surface area (Å²) >= 11 is 5.77. The van der Waals surface area contributed by atoms with Crippen LogP contribution < -0.4 is 15.4 Å². The van der Waals surface area contributed by atoms with Crippen molar-refractivity contribution in [2.45, 2.75) is 39.2 Å². The van der Waals surface area contributed by atoms with Crippen molar-refractivity contribution in [1.29, 1.82) is 0 Å². The zero-order valence-corrected chi connectivity index (χ0v) is 14.0. The number of halogens is 1. The van der Waals surface area contributed by atoms with E-state index < -0.39 is 0 Å². The zero-order valence-electron chi connectivity index (χ0n) is 13.2. The van der Waals surface area contributed by atoms with Crippen LogP contribution >= 0.6 is 11.6 Å². The molecule has 0 heterocycles. The van der Waals surface area contributed by atoms with Gasteiger partial charge in [0.1, 0.15) is 5.75 Å². The number of amides is 2. The Morgan fingerprint density at radius 1 is 1.14 bits per heavy atom. The van der Waals surface area contributed by atoms with E-state index in [1.807, 2.05) is 20.8 Å². The average Bonchev–Trinajstić information content (AvgIpc) is 2.41. The van der Waals surface area contributed by atoms with E-state index >= 15 is 0 Å². The summed E-state index contributed by atoms with van der Waals surface area (Å²) in [5.41, 5.74) is -0.297. The van der Waals surface area contributed by atoms with Crippen molar-refractivity contribution < 1.29 is 14.3 Å². The number of hydrogen-bond donors (Lipinski definition) is 2. The van der Waals surface area contributed by atoms with Crippen molar-refractivity contribution in [1.82, 2.24) is 10.6 Å². The van der Waals surface area contributed by atoms with E-state index in [1.54, 1.807) is 24.3 Å². The van der Waals surface area contributed by atoms with Crippen LogP contribution in [0.25, 0.3) is 0 Å². The Labute approximate surface area is 136 Å². The zero-order chi connectivity index (χ0) is 16.6. The Morgan fingerprint density at radius 3 is 2.36 bits per heavy atom. The molecule has 1 aromatic rings. The largest absolute Gasteiger partial charge is 0.494 e. The molecule has 122 valence electrons. The summed E-state index contributed by atoms with van der Waals surface area (Å²) in [4.78, 5) is 23.1. The number of rotatable bonds is 7. The first-order valence-electron chi connectivity index (χ1n) is 7.22. The quantitative estimate of drug-likeness (QED) is 0.757. The molecular formula is C16H23ClN2O3. The second kappa shape index (κ2) is 8.63. The minimum Gasteiger partial charge on any atom is -0.494 e. The van der Waals surface area contributed by atoms with Crippen LogP contribution in [0.5, 0.6) is 5.75 Å². The van der Waals surface area contributed by atoms with Crippen LogP contribution in [0.1, 0.15) is 33.6 Å². The van der Waals surface area contributed by atoms with Crippen LogP contribution in [0.4, 0.5) is 0 Å². The fraction of sp³-hybridized carbons (Fsp3) is 0.500. The minimum absolute atomic E-state index is 0.00581. The maximum atomic E-state index is 11.6. The Morgan fingerprint density at radius 2 is 1.77 bits per heavy atom. The monoisotopic (exact) mass is 326 g/mol. The van der Waals surface area contributed by atoms with E-state index in [-0.39, 0.29) is 23.9 Å². The predicted octanol–water partition coefficient (Wildman–Crippen LogP) is 2.53. The number of nitrogens with one attached hydrogen (secondary N) is 2. The van der Waals surface area contributed by atoms with Gasteiger partial charge in [-0.05, 0) is 51.5 Å². The molecule has 0 saturated heterocycles. The molecule has 0 aliphatic rings. The van der Waals surface area contributed by atoms with Gasteiger partial charge in [-0.1, -0.05) is 11.6 Å². The number of benzene rings is 1. The third-order valence-electron chi connectivity index (χ3n) is 2.59. The summed E-state index contributed by atoms with van der Waals surface area (Å²) in [6, 6.07) is 7.05. The first kappa shape index (κ1) is 18.3. The van der Waals surface area contributed by atoms with E-state index in [1.165, 1.54) is 0 Å². The summed E-state index contributed by atoms with van der Waals surface area (Å²) in [5, 5.41) is 6.02. The Balaban J connectivity index is 2.13. The summed E-state index contributed by atoms with van der Waals surface area (Å²) in [6.07, 6.45) is 0.895. The predicted molar refractivity (Wildman–Crippen MR) is 87.1 cm³/mol. The Hall–Kier alpha value is -1.75. The Bertz CT molecular complexity index is 495. The highest BCUT2D eigenvalue weighted by Crippen LogP contribution is 2.15. The van der Waals surface area contributed by atoms with Crippen molar-refractivity contribution in [3.8, 4) is 5.75 Å². The van der Waals surface area contributed by atoms with E-state index in [4.69, 9.17) is 16.3 Å². The van der Waals surface area contributed by atoms with Gasteiger partial charge in [0.15, 0.2) is 0 Å². The molecular weight excluding hydrogens is 304 g/mol. The highest BCUT2D eigenvalue weighted by molar-refractivity contribution is 6.30. The fourth-order valence-electron chi connectivity index (χ4n) is 1.68. The van der Waals surface area contributed by atoms with Crippen molar-refractivity contribution >= 4 is 23.4 Å². The van der Waals surface area contributed by atoms with Gasteiger partial charge in [0.25, 0.3) is 0 Å². The van der Waals surface area contributed by atoms with Gasteiger partial charge >= 0.3 is 0 Å². The molecule has 5 nitrogen and oxygen atoms in total. The second-order valence-corrected chi connectivity index (χ2v) is 6.42. The molecule has 0 aliphatic heterocycles. The third-order valence-corrected chi connectivity index (χ3v) is 2.84. The summed E-state index contributed by atoms with van der Waals surface area (Å²) in [5.74, 6) is 0.358. The molecule has 0 bridgehead atoms. The molecule has 22 heavy (non-hydrogen) atoms. The van der Waals surface area contributed by atoms with E-state index in [0.717, 1.165) is 5.75 Å². The van der Waals surface area contributed by atoms with Crippen LogP contribution in [0, 0.1) is 0 Å². The highest BCUT2D eigenvalue weighted by Gasteiger charge is 2.13. The summed E-state index contributed by atoms with van der Waals surface area (Å²) in [7, 11) is 0. The lowest BCUT2D eigenvalue weighted by Gasteiger charge is -2.20. The van der Waals surface area contributed by atoms with Gasteiger partial charge in [0.2, 0.25) is 11.8 Å². The minimum atomic E-state index is -0.297. The first-order chi connectivity index (χ1) is 10.3. The van der Waals surface area contributed by atoms with Crippen molar-refractivity contribution in [3.63, 3.8) is 0 Å². The maximum absolute atomic E-state index is 11.6. The number of ether oxygens (including phenoxy) is 1. The Kier molecular flexibility index (Phi) is 7.18. The van der Waals surface area contributed by atoms with Gasteiger partial charge in [-0.25, -0.2) is 0 Å². The number of carbonyl (C=O) groups excluding carboxylic acids is 2. The molecule has 0 atom stereocenters. The van der Waals surface area contributed by atoms with E-state index in [9.17, 15) is 9.59 Å². The first-order valence-corrected chi connectivity index (χ1v) is 7.60. The molecule has 2 amide bonds. The van der Waals surface area contributed by atoms with Crippen LogP contribution in [0.3, 0.4) is 0 Å². The average molecular weight is 327 g/mol. The van der Waals surface area contributed by atoms with Gasteiger partial charge in [0.05, 0.1) is 13.2 Å². The van der Waals surface area contributed by atoms with Crippen LogP contribution in [0.15, 0.2) is 24.3 Å². The molecule has 1 rings (SSSR count). The lowest BCUT2D eigenvalue weighted by atomic mass is 10.1. The molecule has 0 fully saturated rings.